The number of methoxy groups -OCH3 is 1. The number of nitrogens with one attached hydrogen (secondary N) is 1. The Balaban J connectivity index is 2.29. The Morgan fingerprint density at radius 2 is 2.17 bits per heavy atom. The van der Waals surface area contributed by atoms with E-state index in [9.17, 15) is 4.79 Å². The lowest BCUT2D eigenvalue weighted by molar-refractivity contribution is -0.133. The number of hydrogen-bond acceptors (Lipinski definition) is 3. The third kappa shape index (κ3) is 3.98. The van der Waals surface area contributed by atoms with Crippen LogP contribution in [0.15, 0.2) is 24.3 Å². The van der Waals surface area contributed by atoms with Crippen LogP contribution in [0.3, 0.4) is 0 Å². The van der Waals surface area contributed by atoms with Crippen molar-refractivity contribution in [1.29, 1.82) is 0 Å². The van der Waals surface area contributed by atoms with Crippen LogP contribution in [0.5, 0.6) is 5.75 Å². The van der Waals surface area contributed by atoms with Gasteiger partial charge in [0.1, 0.15) is 5.75 Å². The van der Waals surface area contributed by atoms with Crippen LogP contribution in [0.1, 0.15) is 25.3 Å². The van der Waals surface area contributed by atoms with Gasteiger partial charge >= 0.3 is 0 Å². The van der Waals surface area contributed by atoms with Crippen molar-refractivity contribution in [3.63, 3.8) is 0 Å². The molecule has 2 rings (SSSR count). The molecule has 1 fully saturated rings. The van der Waals surface area contributed by atoms with Gasteiger partial charge in [-0.2, -0.15) is 0 Å². The first-order chi connectivity index (χ1) is 11.5. The molecular formula is C18H27N3O2S. The van der Waals surface area contributed by atoms with Gasteiger partial charge in [-0.15, -0.1) is 0 Å². The number of amides is 1. The number of ether oxygens (including phenoxy) is 1. The Morgan fingerprint density at radius 3 is 2.79 bits per heavy atom. The van der Waals surface area contributed by atoms with Gasteiger partial charge in [0.05, 0.1) is 13.0 Å². The number of benzene rings is 1. The predicted octanol–water partition coefficient (Wildman–Crippen LogP) is 2.08. The van der Waals surface area contributed by atoms with Gasteiger partial charge in [0.15, 0.2) is 5.11 Å². The molecule has 24 heavy (non-hydrogen) atoms. The van der Waals surface area contributed by atoms with Crippen molar-refractivity contribution < 1.29 is 9.53 Å². The fourth-order valence-electron chi connectivity index (χ4n) is 3.13. The van der Waals surface area contributed by atoms with E-state index in [1.807, 2.05) is 39.1 Å². The summed E-state index contributed by atoms with van der Waals surface area (Å²) < 4.78 is 5.34. The highest BCUT2D eigenvalue weighted by atomic mass is 32.1. The molecule has 6 heteroatoms. The van der Waals surface area contributed by atoms with E-state index in [0.717, 1.165) is 29.5 Å². The number of hydrogen-bond donors (Lipinski definition) is 1. The van der Waals surface area contributed by atoms with Crippen molar-refractivity contribution in [2.75, 3.05) is 40.3 Å². The van der Waals surface area contributed by atoms with Crippen molar-refractivity contribution in [2.45, 2.75) is 19.8 Å². The molecule has 2 unspecified atom stereocenters. The maximum atomic E-state index is 12.8. The van der Waals surface area contributed by atoms with Gasteiger partial charge in [0.25, 0.3) is 0 Å². The zero-order valence-electron chi connectivity index (χ0n) is 14.9. The molecule has 132 valence electrons. The Bertz CT molecular complexity index is 593. The van der Waals surface area contributed by atoms with Crippen LogP contribution in [0.4, 0.5) is 0 Å². The van der Waals surface area contributed by atoms with E-state index in [1.165, 1.54) is 0 Å². The molecule has 0 spiro atoms. The normalized spacial score (nSPS) is 19.9. The van der Waals surface area contributed by atoms with Gasteiger partial charge < -0.3 is 19.9 Å². The number of carbonyl (C=O) groups excluding carboxylic acids is 1. The van der Waals surface area contributed by atoms with Crippen molar-refractivity contribution >= 4 is 23.2 Å². The third-order valence-corrected chi connectivity index (χ3v) is 5.03. The first-order valence-corrected chi connectivity index (χ1v) is 8.84. The van der Waals surface area contributed by atoms with Gasteiger partial charge in [-0.3, -0.25) is 4.79 Å². The molecule has 1 N–H and O–H groups in total. The summed E-state index contributed by atoms with van der Waals surface area (Å²) in [6.45, 7) is 6.90. The van der Waals surface area contributed by atoms with Crippen LogP contribution in [-0.2, 0) is 4.79 Å². The number of nitrogens with zero attached hydrogens (tertiary/aromatic N) is 2. The second-order valence-electron chi connectivity index (χ2n) is 6.08. The second-order valence-corrected chi connectivity index (χ2v) is 6.47. The summed E-state index contributed by atoms with van der Waals surface area (Å²) in [6.07, 6.45) is 0. The van der Waals surface area contributed by atoms with Gasteiger partial charge in [0.2, 0.25) is 5.91 Å². The van der Waals surface area contributed by atoms with Gasteiger partial charge in [-0.25, -0.2) is 0 Å². The van der Waals surface area contributed by atoms with Crippen LogP contribution in [0.2, 0.25) is 0 Å². The standard InChI is InChI=1S/C18H27N3O2S/c1-5-19-18(24)21-11-15(13-8-7-9-14(10-13)23-4)16(12-21)17(22)20(3)6-2/h7-10,15-16H,5-6,11-12H2,1-4H3,(H,19,24). The van der Waals surface area contributed by atoms with E-state index >= 15 is 0 Å². The van der Waals surface area contributed by atoms with Crippen LogP contribution in [0, 0.1) is 5.92 Å². The number of carbonyl (C=O) groups is 1. The first-order valence-electron chi connectivity index (χ1n) is 8.43. The summed E-state index contributed by atoms with van der Waals surface area (Å²) in [4.78, 5) is 16.7. The largest absolute Gasteiger partial charge is 0.497 e. The van der Waals surface area contributed by atoms with Crippen LogP contribution in [-0.4, -0.2) is 61.2 Å². The molecule has 0 aromatic heterocycles. The minimum absolute atomic E-state index is 0.0985. The van der Waals surface area contributed by atoms with Gasteiger partial charge in [-0.05, 0) is 43.8 Å². The summed E-state index contributed by atoms with van der Waals surface area (Å²) in [7, 11) is 3.52. The highest BCUT2D eigenvalue weighted by Crippen LogP contribution is 2.35. The number of thiocarbonyl (C=S) groups is 1. The molecule has 1 aromatic rings. The van der Waals surface area contributed by atoms with Crippen LogP contribution >= 0.6 is 12.2 Å². The molecule has 5 nitrogen and oxygen atoms in total. The molecule has 1 aliphatic rings. The fraction of sp³-hybridized carbons (Fsp3) is 0.556. The zero-order chi connectivity index (χ0) is 17.7. The lowest BCUT2D eigenvalue weighted by Gasteiger charge is -2.23. The average molecular weight is 350 g/mol. The van der Waals surface area contributed by atoms with Crippen LogP contribution < -0.4 is 10.1 Å². The molecule has 0 saturated carbocycles. The van der Waals surface area contributed by atoms with E-state index in [0.29, 0.717) is 13.1 Å². The quantitative estimate of drug-likeness (QED) is 0.825. The van der Waals surface area contributed by atoms with E-state index in [2.05, 4.69) is 16.3 Å². The third-order valence-electron chi connectivity index (χ3n) is 4.62. The average Bonchev–Trinajstić information content (AvgIpc) is 3.06. The van der Waals surface area contributed by atoms with Crippen molar-refractivity contribution in [2.24, 2.45) is 5.92 Å². The smallest absolute Gasteiger partial charge is 0.227 e. The Kier molecular flexibility index (Phi) is 6.43. The lowest BCUT2D eigenvalue weighted by atomic mass is 9.88. The van der Waals surface area contributed by atoms with E-state index in [-0.39, 0.29) is 17.7 Å². The highest BCUT2D eigenvalue weighted by Gasteiger charge is 2.40. The molecule has 2 atom stereocenters. The molecule has 0 radical (unpaired) electrons. The molecule has 0 aliphatic carbocycles. The summed E-state index contributed by atoms with van der Waals surface area (Å²) in [5.74, 6) is 0.999. The topological polar surface area (TPSA) is 44.8 Å². The van der Waals surface area contributed by atoms with E-state index < -0.39 is 0 Å². The van der Waals surface area contributed by atoms with Crippen molar-refractivity contribution in [1.82, 2.24) is 15.1 Å². The van der Waals surface area contributed by atoms with Crippen molar-refractivity contribution in [3.8, 4) is 5.75 Å². The molecule has 1 aromatic carbocycles. The molecule has 1 heterocycles. The van der Waals surface area contributed by atoms with Gasteiger partial charge in [0, 0.05) is 39.1 Å². The molecular weight excluding hydrogens is 322 g/mol. The first kappa shape index (κ1) is 18.5. The minimum Gasteiger partial charge on any atom is -0.497 e. The maximum absolute atomic E-state index is 12.8. The van der Waals surface area contributed by atoms with Crippen LogP contribution in [0.25, 0.3) is 0 Å². The monoisotopic (exact) mass is 349 g/mol. The molecule has 0 bridgehead atoms. The summed E-state index contributed by atoms with van der Waals surface area (Å²) in [5, 5.41) is 3.91. The molecule has 1 amide bonds. The molecule has 1 saturated heterocycles. The second kappa shape index (κ2) is 8.33. The SMILES string of the molecule is CCNC(=S)N1CC(C(=O)N(C)CC)C(c2cccc(OC)c2)C1. The summed E-state index contributed by atoms with van der Waals surface area (Å²) >= 11 is 5.46. The molecule has 1 aliphatic heterocycles. The Hall–Kier alpha value is -1.82. The Morgan fingerprint density at radius 1 is 1.42 bits per heavy atom. The maximum Gasteiger partial charge on any atom is 0.227 e. The predicted molar refractivity (Wildman–Crippen MR) is 100 cm³/mol. The van der Waals surface area contributed by atoms with Crippen molar-refractivity contribution in [3.05, 3.63) is 29.8 Å². The van der Waals surface area contributed by atoms with E-state index in [1.54, 1.807) is 12.0 Å². The number of likely N-dealkylation sites (tertiary alicyclic amines) is 1. The highest BCUT2D eigenvalue weighted by molar-refractivity contribution is 7.80. The number of rotatable bonds is 5. The lowest BCUT2D eigenvalue weighted by Crippen LogP contribution is -2.40. The minimum atomic E-state index is -0.0985. The van der Waals surface area contributed by atoms with Gasteiger partial charge in [-0.1, -0.05) is 12.1 Å². The Labute approximate surface area is 150 Å². The fourth-order valence-corrected chi connectivity index (χ4v) is 3.43. The van der Waals surface area contributed by atoms with E-state index in [4.69, 9.17) is 17.0 Å². The summed E-state index contributed by atoms with van der Waals surface area (Å²) in [6, 6.07) is 7.99. The summed E-state index contributed by atoms with van der Waals surface area (Å²) in [5.41, 5.74) is 1.12. The zero-order valence-corrected chi connectivity index (χ0v) is 15.7.